The molecule has 0 bridgehead atoms. The van der Waals surface area contributed by atoms with Crippen LogP contribution in [0.5, 0.6) is 5.75 Å². The maximum absolute atomic E-state index is 12.6. The van der Waals surface area contributed by atoms with E-state index in [2.05, 4.69) is 26.1 Å². The third-order valence-corrected chi connectivity index (χ3v) is 6.55. The van der Waals surface area contributed by atoms with Gasteiger partial charge in [-0.1, -0.05) is 18.5 Å². The van der Waals surface area contributed by atoms with Gasteiger partial charge in [0.25, 0.3) is 5.56 Å². The second kappa shape index (κ2) is 10.8. The molecule has 182 valence electrons. The van der Waals surface area contributed by atoms with Crippen LogP contribution in [0.25, 0.3) is 10.9 Å². The monoisotopic (exact) mass is 493 g/mol. The van der Waals surface area contributed by atoms with Crippen molar-refractivity contribution in [3.8, 4) is 18.1 Å². The lowest BCUT2D eigenvalue weighted by molar-refractivity contribution is -0.120. The van der Waals surface area contributed by atoms with E-state index in [4.69, 9.17) is 22.8 Å². The Morgan fingerprint density at radius 3 is 2.80 bits per heavy atom. The Morgan fingerprint density at radius 1 is 1.31 bits per heavy atom. The molecule has 1 N–H and O–H groups in total. The van der Waals surface area contributed by atoms with Crippen LogP contribution >= 0.6 is 11.6 Å². The van der Waals surface area contributed by atoms with Gasteiger partial charge in [0.15, 0.2) is 17.4 Å². The van der Waals surface area contributed by atoms with Gasteiger partial charge < -0.3 is 19.5 Å². The lowest BCUT2D eigenvalue weighted by Gasteiger charge is -2.31. The number of carbonyl (C=O) groups is 1. The van der Waals surface area contributed by atoms with Crippen molar-refractivity contribution >= 4 is 45.7 Å². The number of hydrogen-bond acceptors (Lipinski definition) is 7. The molecule has 1 saturated heterocycles. The summed E-state index contributed by atoms with van der Waals surface area (Å²) in [5, 5.41) is 4.44. The zero-order chi connectivity index (χ0) is 24.9. The van der Waals surface area contributed by atoms with Gasteiger partial charge in [-0.25, -0.2) is 4.98 Å². The molecule has 8 nitrogen and oxygen atoms in total. The number of halogens is 1. The number of fused-ring (bicyclic) bond motifs is 1. The fourth-order valence-corrected chi connectivity index (χ4v) is 4.27. The molecule has 0 unspecified atom stereocenters. The van der Waals surface area contributed by atoms with E-state index in [0.29, 0.717) is 29.1 Å². The minimum atomic E-state index is -0.295. The molecule has 0 radical (unpaired) electrons. The number of rotatable bonds is 8. The summed E-state index contributed by atoms with van der Waals surface area (Å²) >= 11 is 6.40. The molecule has 1 aliphatic heterocycles. The van der Waals surface area contributed by atoms with Crippen molar-refractivity contribution in [1.82, 2.24) is 14.5 Å². The van der Waals surface area contributed by atoms with Gasteiger partial charge >= 0.3 is 0 Å². The smallest absolute Gasteiger partial charge is 0.293 e. The third-order valence-electron chi connectivity index (χ3n) is 6.27. The van der Waals surface area contributed by atoms with Crippen LogP contribution in [0.2, 0.25) is 5.02 Å². The fraction of sp³-hybridized carbons (Fsp3) is 0.385. The molecule has 9 heteroatoms. The molecule has 1 fully saturated rings. The van der Waals surface area contributed by atoms with Crippen molar-refractivity contribution in [2.45, 2.75) is 32.6 Å². The van der Waals surface area contributed by atoms with Crippen LogP contribution in [0.15, 0.2) is 35.3 Å². The van der Waals surface area contributed by atoms with Gasteiger partial charge in [-0.15, -0.1) is 12.3 Å². The van der Waals surface area contributed by atoms with Gasteiger partial charge in [0.2, 0.25) is 5.95 Å². The van der Waals surface area contributed by atoms with E-state index < -0.39 is 0 Å². The Balaban J connectivity index is 1.57. The van der Waals surface area contributed by atoms with Crippen LogP contribution in [-0.2, 0) is 11.8 Å². The number of aryl methyl sites for hydroxylation is 1. The van der Waals surface area contributed by atoms with E-state index in [1.54, 1.807) is 26.2 Å². The lowest BCUT2D eigenvalue weighted by atomic mass is 9.94. The van der Waals surface area contributed by atoms with Crippen LogP contribution in [0, 0.1) is 18.3 Å². The number of benzene rings is 1. The van der Waals surface area contributed by atoms with Crippen molar-refractivity contribution < 1.29 is 9.53 Å². The first-order valence-corrected chi connectivity index (χ1v) is 12.0. The van der Waals surface area contributed by atoms with Crippen LogP contribution in [0.3, 0.4) is 0 Å². The lowest BCUT2D eigenvalue weighted by Crippen LogP contribution is -2.34. The standard InChI is InChI=1S/C26H28ClN5O3/c1-4-6-17-9-11-32(12-10-17)26-28-15-21(27)24(30-26)29-19-7-8-22-18(13-19)14-23(25(34)31(22)3)35-16-20(33)5-2/h1,7-8,13-15,17H,5-6,9-12,16H2,2-3H3,(H,28,29,30). The van der Waals surface area contributed by atoms with Crippen molar-refractivity contribution in [2.24, 2.45) is 13.0 Å². The summed E-state index contributed by atoms with van der Waals surface area (Å²) in [7, 11) is 1.67. The number of terminal acetylenes is 1. The number of piperidine rings is 1. The highest BCUT2D eigenvalue weighted by atomic mass is 35.5. The minimum absolute atomic E-state index is 0.0722. The average Bonchev–Trinajstić information content (AvgIpc) is 2.87. The summed E-state index contributed by atoms with van der Waals surface area (Å²) in [6, 6.07) is 7.23. The molecule has 0 aliphatic carbocycles. The second-order valence-corrected chi connectivity index (χ2v) is 9.06. The number of carbonyl (C=O) groups excluding carboxylic acids is 1. The SMILES string of the molecule is C#CCC1CCN(c2ncc(Cl)c(Nc3ccc4c(c3)cc(OCC(=O)CC)c(=O)n4C)n2)CC1. The second-order valence-electron chi connectivity index (χ2n) is 8.66. The number of ether oxygens (including phenoxy) is 1. The van der Waals surface area contributed by atoms with Gasteiger partial charge in [0.1, 0.15) is 11.6 Å². The summed E-state index contributed by atoms with van der Waals surface area (Å²) in [4.78, 5) is 35.5. The number of pyridine rings is 1. The summed E-state index contributed by atoms with van der Waals surface area (Å²) in [6.07, 6.45) is 10.2. The number of aromatic nitrogens is 3. The summed E-state index contributed by atoms with van der Waals surface area (Å²) in [6.45, 7) is 3.32. The van der Waals surface area contributed by atoms with E-state index in [1.807, 2.05) is 18.2 Å². The molecule has 1 aliphatic rings. The molecule has 35 heavy (non-hydrogen) atoms. The summed E-state index contributed by atoms with van der Waals surface area (Å²) in [5.41, 5.74) is 1.18. The Morgan fingerprint density at radius 2 is 2.09 bits per heavy atom. The molecule has 0 saturated carbocycles. The van der Waals surface area contributed by atoms with E-state index in [9.17, 15) is 9.59 Å². The van der Waals surface area contributed by atoms with Crippen LogP contribution in [0.4, 0.5) is 17.5 Å². The Hall–Kier alpha value is -3.57. The molecular weight excluding hydrogens is 466 g/mol. The molecule has 3 aromatic rings. The molecule has 3 heterocycles. The number of nitrogens with one attached hydrogen (secondary N) is 1. The van der Waals surface area contributed by atoms with E-state index >= 15 is 0 Å². The first kappa shape index (κ1) is 24.6. The third kappa shape index (κ3) is 5.57. The Kier molecular flexibility index (Phi) is 7.57. The molecule has 2 aromatic heterocycles. The highest BCUT2D eigenvalue weighted by molar-refractivity contribution is 6.32. The highest BCUT2D eigenvalue weighted by Crippen LogP contribution is 2.29. The number of anilines is 3. The number of nitrogens with zero attached hydrogens (tertiary/aromatic N) is 4. The van der Waals surface area contributed by atoms with E-state index in [-0.39, 0.29) is 23.7 Å². The number of ketones is 1. The Labute approximate surface area is 209 Å². The van der Waals surface area contributed by atoms with Gasteiger partial charge in [0.05, 0.1) is 11.7 Å². The highest BCUT2D eigenvalue weighted by Gasteiger charge is 2.21. The van der Waals surface area contributed by atoms with Crippen LogP contribution < -0.4 is 20.5 Å². The largest absolute Gasteiger partial charge is 0.480 e. The quantitative estimate of drug-likeness (QED) is 0.467. The number of hydrogen-bond donors (Lipinski definition) is 1. The Bertz CT molecular complexity index is 1340. The molecule has 0 spiro atoms. The first-order chi connectivity index (χ1) is 16.9. The van der Waals surface area contributed by atoms with Gasteiger partial charge in [-0.05, 0) is 43.0 Å². The molecule has 1 aromatic carbocycles. The zero-order valence-electron chi connectivity index (χ0n) is 19.9. The molecular formula is C26H28ClN5O3. The van der Waals surface area contributed by atoms with E-state index in [0.717, 1.165) is 48.9 Å². The van der Waals surface area contributed by atoms with Crippen LogP contribution in [-0.4, -0.2) is 40.0 Å². The maximum atomic E-state index is 12.6. The van der Waals surface area contributed by atoms with Gasteiger partial charge in [-0.2, -0.15) is 4.98 Å². The van der Waals surface area contributed by atoms with Crippen molar-refractivity contribution in [1.29, 1.82) is 0 Å². The molecule has 0 amide bonds. The van der Waals surface area contributed by atoms with Gasteiger partial charge in [0, 0.05) is 44.1 Å². The number of Topliss-reactive ketones (excluding diaryl/α,β-unsaturated/α-hetero) is 1. The molecule has 0 atom stereocenters. The van der Waals surface area contributed by atoms with Gasteiger partial charge in [-0.3, -0.25) is 9.59 Å². The maximum Gasteiger partial charge on any atom is 0.293 e. The fourth-order valence-electron chi connectivity index (χ4n) is 4.13. The normalized spacial score (nSPS) is 14.1. The minimum Gasteiger partial charge on any atom is -0.480 e. The average molecular weight is 494 g/mol. The van der Waals surface area contributed by atoms with Crippen molar-refractivity contribution in [3.63, 3.8) is 0 Å². The summed E-state index contributed by atoms with van der Waals surface area (Å²) < 4.78 is 7.00. The predicted octanol–water partition coefficient (Wildman–Crippen LogP) is 4.32. The van der Waals surface area contributed by atoms with Crippen molar-refractivity contribution in [2.75, 3.05) is 29.9 Å². The van der Waals surface area contributed by atoms with Crippen LogP contribution in [0.1, 0.15) is 32.6 Å². The zero-order valence-corrected chi connectivity index (χ0v) is 20.6. The summed E-state index contributed by atoms with van der Waals surface area (Å²) in [5.74, 6) is 4.48. The molecule has 4 rings (SSSR count). The first-order valence-electron chi connectivity index (χ1n) is 11.7. The van der Waals surface area contributed by atoms with Crippen molar-refractivity contribution in [3.05, 3.63) is 45.8 Å². The predicted molar refractivity (Wildman–Crippen MR) is 139 cm³/mol. The van der Waals surface area contributed by atoms with E-state index in [1.165, 1.54) is 4.57 Å². The topological polar surface area (TPSA) is 89.4 Å².